The normalized spacial score (nSPS) is 10.1. The molecule has 0 unspecified atom stereocenters. The Kier molecular flexibility index (Phi) is 5.83. The maximum absolute atomic E-state index is 11.9. The lowest BCUT2D eigenvalue weighted by Gasteiger charge is -2.09. The molecule has 0 heterocycles. The van der Waals surface area contributed by atoms with Gasteiger partial charge < -0.3 is 15.4 Å². The molecule has 0 aromatic heterocycles. The van der Waals surface area contributed by atoms with Crippen molar-refractivity contribution in [2.75, 3.05) is 17.7 Å². The van der Waals surface area contributed by atoms with Crippen LogP contribution in [0.5, 0.6) is 5.75 Å². The predicted octanol–water partition coefficient (Wildman–Crippen LogP) is 4.68. The van der Waals surface area contributed by atoms with Gasteiger partial charge >= 0.3 is 6.03 Å². The average Bonchev–Trinajstić information content (AvgIpc) is 2.55. The second-order valence-corrected chi connectivity index (χ2v) is 5.11. The lowest BCUT2D eigenvalue weighted by atomic mass is 10.1. The molecular formula is C18H22N2O2. The summed E-state index contributed by atoms with van der Waals surface area (Å²) in [5, 5.41) is 5.61. The van der Waals surface area contributed by atoms with Gasteiger partial charge in [-0.25, -0.2) is 4.79 Å². The van der Waals surface area contributed by atoms with Gasteiger partial charge in [-0.05, 0) is 54.8 Å². The van der Waals surface area contributed by atoms with Gasteiger partial charge in [0, 0.05) is 11.4 Å². The summed E-state index contributed by atoms with van der Waals surface area (Å²) >= 11 is 0. The van der Waals surface area contributed by atoms with Crippen molar-refractivity contribution >= 4 is 17.4 Å². The number of ether oxygens (including phenoxy) is 1. The van der Waals surface area contributed by atoms with E-state index in [9.17, 15) is 4.79 Å². The molecule has 0 fully saturated rings. The lowest BCUT2D eigenvalue weighted by molar-refractivity contribution is 0.262. The van der Waals surface area contributed by atoms with Crippen LogP contribution in [-0.2, 0) is 6.42 Å². The number of anilines is 2. The number of carbonyl (C=O) groups excluding carboxylic acids is 1. The first kappa shape index (κ1) is 15.9. The molecule has 4 heteroatoms. The second-order valence-electron chi connectivity index (χ2n) is 5.11. The summed E-state index contributed by atoms with van der Waals surface area (Å²) in [5.41, 5.74) is 2.80. The van der Waals surface area contributed by atoms with Crippen molar-refractivity contribution in [3.05, 3.63) is 54.1 Å². The number of methoxy groups -OCH3 is 1. The molecule has 0 saturated carbocycles. The highest BCUT2D eigenvalue weighted by Crippen LogP contribution is 2.16. The van der Waals surface area contributed by atoms with Crippen LogP contribution in [0.3, 0.4) is 0 Å². The fourth-order valence-corrected chi connectivity index (χ4v) is 2.10. The lowest BCUT2D eigenvalue weighted by Crippen LogP contribution is -2.19. The van der Waals surface area contributed by atoms with Crippen LogP contribution in [0.4, 0.5) is 16.2 Å². The van der Waals surface area contributed by atoms with E-state index < -0.39 is 0 Å². The standard InChI is InChI=1S/C18H22N2O2/c1-3-4-5-14-6-8-15(9-7-14)19-18(21)20-16-10-12-17(22-2)13-11-16/h6-13H,3-5H2,1-2H3,(H2,19,20,21). The topological polar surface area (TPSA) is 50.4 Å². The summed E-state index contributed by atoms with van der Waals surface area (Å²) < 4.78 is 5.08. The van der Waals surface area contributed by atoms with E-state index in [1.54, 1.807) is 31.4 Å². The van der Waals surface area contributed by atoms with E-state index in [4.69, 9.17) is 4.74 Å². The molecular weight excluding hydrogens is 276 g/mol. The van der Waals surface area contributed by atoms with E-state index in [2.05, 4.69) is 29.7 Å². The van der Waals surface area contributed by atoms with E-state index in [1.165, 1.54) is 18.4 Å². The molecule has 2 aromatic carbocycles. The summed E-state index contributed by atoms with van der Waals surface area (Å²) in [6.45, 7) is 2.18. The Morgan fingerprint density at radius 3 is 2.00 bits per heavy atom. The molecule has 0 spiro atoms. The summed E-state index contributed by atoms with van der Waals surface area (Å²) in [7, 11) is 1.61. The molecule has 4 nitrogen and oxygen atoms in total. The van der Waals surface area contributed by atoms with Crippen molar-refractivity contribution in [2.45, 2.75) is 26.2 Å². The number of benzene rings is 2. The molecule has 0 aliphatic carbocycles. The summed E-state index contributed by atoms with van der Waals surface area (Å²) in [4.78, 5) is 11.9. The smallest absolute Gasteiger partial charge is 0.323 e. The number of hydrogen-bond acceptors (Lipinski definition) is 2. The number of carbonyl (C=O) groups is 1. The van der Waals surface area contributed by atoms with Crippen LogP contribution in [0.2, 0.25) is 0 Å². The van der Waals surface area contributed by atoms with Gasteiger partial charge in [-0.1, -0.05) is 25.5 Å². The molecule has 0 aliphatic rings. The van der Waals surface area contributed by atoms with Crippen LogP contribution >= 0.6 is 0 Å². The molecule has 116 valence electrons. The Hall–Kier alpha value is -2.49. The van der Waals surface area contributed by atoms with Crippen molar-refractivity contribution in [1.82, 2.24) is 0 Å². The fourth-order valence-electron chi connectivity index (χ4n) is 2.10. The number of aryl methyl sites for hydroxylation is 1. The molecule has 0 aliphatic heterocycles. The SMILES string of the molecule is CCCCc1ccc(NC(=O)Nc2ccc(OC)cc2)cc1. The van der Waals surface area contributed by atoms with Crippen LogP contribution in [0, 0.1) is 0 Å². The monoisotopic (exact) mass is 298 g/mol. The highest BCUT2D eigenvalue weighted by Gasteiger charge is 2.03. The van der Waals surface area contributed by atoms with Crippen LogP contribution < -0.4 is 15.4 Å². The van der Waals surface area contributed by atoms with Crippen LogP contribution in [0.25, 0.3) is 0 Å². The molecule has 2 aromatic rings. The minimum Gasteiger partial charge on any atom is -0.497 e. The molecule has 0 radical (unpaired) electrons. The molecule has 22 heavy (non-hydrogen) atoms. The zero-order valence-electron chi connectivity index (χ0n) is 13.1. The Morgan fingerprint density at radius 2 is 1.50 bits per heavy atom. The molecule has 2 amide bonds. The highest BCUT2D eigenvalue weighted by molar-refractivity contribution is 5.99. The Morgan fingerprint density at radius 1 is 0.955 bits per heavy atom. The number of amides is 2. The average molecular weight is 298 g/mol. The van der Waals surface area contributed by atoms with Crippen LogP contribution in [0.1, 0.15) is 25.3 Å². The first-order valence-electron chi connectivity index (χ1n) is 7.52. The quantitative estimate of drug-likeness (QED) is 0.813. The second kappa shape index (κ2) is 8.08. The summed E-state index contributed by atoms with van der Waals surface area (Å²) in [5.74, 6) is 0.758. The van der Waals surface area contributed by atoms with Crippen molar-refractivity contribution in [3.63, 3.8) is 0 Å². The largest absolute Gasteiger partial charge is 0.497 e. The maximum atomic E-state index is 11.9. The number of unbranched alkanes of at least 4 members (excludes halogenated alkanes) is 1. The maximum Gasteiger partial charge on any atom is 0.323 e. The number of hydrogen-bond donors (Lipinski definition) is 2. The van der Waals surface area contributed by atoms with Crippen molar-refractivity contribution < 1.29 is 9.53 Å². The van der Waals surface area contributed by atoms with Gasteiger partial charge in [0.15, 0.2) is 0 Å². The Balaban J connectivity index is 1.88. The minimum atomic E-state index is -0.258. The van der Waals surface area contributed by atoms with E-state index >= 15 is 0 Å². The molecule has 2 N–H and O–H groups in total. The van der Waals surface area contributed by atoms with Crippen molar-refractivity contribution in [3.8, 4) is 5.75 Å². The highest BCUT2D eigenvalue weighted by atomic mass is 16.5. The van der Waals surface area contributed by atoms with Gasteiger partial charge in [-0.2, -0.15) is 0 Å². The van der Waals surface area contributed by atoms with Crippen molar-refractivity contribution in [2.24, 2.45) is 0 Å². The van der Waals surface area contributed by atoms with Gasteiger partial charge in [-0.3, -0.25) is 0 Å². The molecule has 0 atom stereocenters. The van der Waals surface area contributed by atoms with Crippen LogP contribution in [-0.4, -0.2) is 13.1 Å². The van der Waals surface area contributed by atoms with Gasteiger partial charge in [0.1, 0.15) is 5.75 Å². The van der Waals surface area contributed by atoms with Gasteiger partial charge in [0.25, 0.3) is 0 Å². The van der Waals surface area contributed by atoms with E-state index in [1.807, 2.05) is 12.1 Å². The zero-order valence-corrected chi connectivity index (χ0v) is 13.1. The van der Waals surface area contributed by atoms with Gasteiger partial charge in [0.05, 0.1) is 7.11 Å². The predicted molar refractivity (Wildman–Crippen MR) is 90.7 cm³/mol. The Bertz CT molecular complexity index is 591. The van der Waals surface area contributed by atoms with Crippen LogP contribution in [0.15, 0.2) is 48.5 Å². The summed E-state index contributed by atoms with van der Waals surface area (Å²) in [6, 6.07) is 14.9. The summed E-state index contributed by atoms with van der Waals surface area (Å²) in [6.07, 6.45) is 3.45. The first-order chi connectivity index (χ1) is 10.7. The third kappa shape index (κ3) is 4.81. The van der Waals surface area contributed by atoms with E-state index in [0.717, 1.165) is 23.5 Å². The number of urea groups is 1. The zero-order chi connectivity index (χ0) is 15.8. The molecule has 0 bridgehead atoms. The van der Waals surface area contributed by atoms with Crippen molar-refractivity contribution in [1.29, 1.82) is 0 Å². The van der Waals surface area contributed by atoms with E-state index in [0.29, 0.717) is 0 Å². The molecule has 0 saturated heterocycles. The fraction of sp³-hybridized carbons (Fsp3) is 0.278. The minimum absolute atomic E-state index is 0.258. The van der Waals surface area contributed by atoms with Gasteiger partial charge in [0.2, 0.25) is 0 Å². The first-order valence-corrected chi connectivity index (χ1v) is 7.52. The van der Waals surface area contributed by atoms with E-state index in [-0.39, 0.29) is 6.03 Å². The number of rotatable bonds is 6. The Labute approximate surface area is 131 Å². The number of nitrogens with one attached hydrogen (secondary N) is 2. The third-order valence-electron chi connectivity index (χ3n) is 3.38. The third-order valence-corrected chi connectivity index (χ3v) is 3.38. The van der Waals surface area contributed by atoms with Gasteiger partial charge in [-0.15, -0.1) is 0 Å². The molecule has 2 rings (SSSR count).